The number of carbonyl (C=O) groups is 1. The van der Waals surface area contributed by atoms with E-state index in [2.05, 4.69) is 26.2 Å². The van der Waals surface area contributed by atoms with Crippen LogP contribution in [0.5, 0.6) is 0 Å². The third-order valence-electron chi connectivity index (χ3n) is 6.37. The van der Waals surface area contributed by atoms with Gasteiger partial charge in [-0.3, -0.25) is 9.79 Å². The van der Waals surface area contributed by atoms with Gasteiger partial charge in [0.2, 0.25) is 5.91 Å². The van der Waals surface area contributed by atoms with E-state index < -0.39 is 34.3 Å². The predicted molar refractivity (Wildman–Crippen MR) is 124 cm³/mol. The molecule has 1 aliphatic heterocycles. The first-order chi connectivity index (χ1) is 16.2. The zero-order valence-corrected chi connectivity index (χ0v) is 20.7. The Balaban J connectivity index is 1.60. The summed E-state index contributed by atoms with van der Waals surface area (Å²) in [4.78, 5) is 16.3. The van der Waals surface area contributed by atoms with E-state index in [9.17, 15) is 31.1 Å². The molecule has 2 aromatic rings. The molecule has 1 amide bonds. The number of hydrogen-bond acceptors (Lipinski definition) is 2. The second-order valence-electron chi connectivity index (χ2n) is 9.07. The van der Waals surface area contributed by atoms with Gasteiger partial charge in [-0.1, -0.05) is 35.0 Å². The number of halogens is 8. The topological polar surface area (TPSA) is 41.5 Å². The van der Waals surface area contributed by atoms with Gasteiger partial charge in [-0.2, -0.15) is 26.3 Å². The number of alkyl halides is 7. The number of hydrogen-bond donors (Lipinski definition) is 1. The van der Waals surface area contributed by atoms with E-state index in [1.807, 2.05) is 0 Å². The molecule has 2 aliphatic rings. The summed E-state index contributed by atoms with van der Waals surface area (Å²) in [6.45, 7) is 1.74. The smallest absolute Gasteiger partial charge is 0.352 e. The van der Waals surface area contributed by atoms with Gasteiger partial charge in [-0.25, -0.2) is 0 Å². The molecule has 1 fully saturated rings. The molecule has 0 aromatic heterocycles. The van der Waals surface area contributed by atoms with Crippen molar-refractivity contribution in [1.29, 1.82) is 0 Å². The molecule has 1 N–H and O–H groups in total. The molecular formula is C24H20BrClF6N2O. The lowest BCUT2D eigenvalue weighted by atomic mass is 9.77. The Hall–Kier alpha value is -2.07. The normalized spacial score (nSPS) is 22.8. The summed E-state index contributed by atoms with van der Waals surface area (Å²) in [5.41, 5.74) is -2.49. The maximum absolute atomic E-state index is 13.4. The Morgan fingerprint density at radius 3 is 2.20 bits per heavy atom. The third kappa shape index (κ3) is 5.38. The fraction of sp³-hybridized carbons (Fsp3) is 0.417. The number of rotatable bonds is 5. The van der Waals surface area contributed by atoms with Crippen LogP contribution in [-0.4, -0.2) is 23.5 Å². The first-order valence-electron chi connectivity index (χ1n) is 10.7. The van der Waals surface area contributed by atoms with Gasteiger partial charge < -0.3 is 5.32 Å². The second kappa shape index (κ2) is 9.10. The average molecular weight is 582 g/mol. The quantitative estimate of drug-likeness (QED) is 0.304. The van der Waals surface area contributed by atoms with Gasteiger partial charge in [-0.15, -0.1) is 11.6 Å². The van der Waals surface area contributed by atoms with Crippen molar-refractivity contribution in [3.05, 3.63) is 68.7 Å². The monoisotopic (exact) mass is 580 g/mol. The average Bonchev–Trinajstić information content (AvgIpc) is 3.57. The predicted octanol–water partition coefficient (Wildman–Crippen LogP) is 6.88. The van der Waals surface area contributed by atoms with Gasteiger partial charge in [0.15, 0.2) is 0 Å². The Morgan fingerprint density at radius 1 is 1.09 bits per heavy atom. The van der Waals surface area contributed by atoms with E-state index in [-0.39, 0.29) is 30.0 Å². The molecule has 2 unspecified atom stereocenters. The summed E-state index contributed by atoms with van der Waals surface area (Å²) in [6, 6.07) is 6.74. The van der Waals surface area contributed by atoms with Gasteiger partial charge in [0.1, 0.15) is 0 Å². The molecule has 0 bridgehead atoms. The van der Waals surface area contributed by atoms with Crippen molar-refractivity contribution in [2.75, 3.05) is 6.54 Å². The number of aliphatic imine (C=N–C) groups is 1. The van der Waals surface area contributed by atoms with E-state index in [1.54, 1.807) is 18.2 Å². The van der Waals surface area contributed by atoms with E-state index in [1.165, 1.54) is 6.92 Å². The Kier molecular flexibility index (Phi) is 6.76. The van der Waals surface area contributed by atoms with E-state index >= 15 is 0 Å². The van der Waals surface area contributed by atoms with E-state index in [0.29, 0.717) is 34.4 Å². The lowest BCUT2D eigenvalue weighted by Crippen LogP contribution is -2.36. The molecule has 35 heavy (non-hydrogen) atoms. The maximum Gasteiger partial charge on any atom is 0.416 e. The fourth-order valence-electron chi connectivity index (χ4n) is 3.99. The minimum absolute atomic E-state index is 0.00273. The number of nitrogens with zero attached hydrogens (tertiary/aromatic N) is 1. The van der Waals surface area contributed by atoms with E-state index in [0.717, 1.165) is 18.4 Å². The molecule has 3 nitrogen and oxygen atoms in total. The third-order valence-corrected chi connectivity index (χ3v) is 7.80. The van der Waals surface area contributed by atoms with Gasteiger partial charge in [0, 0.05) is 22.4 Å². The molecule has 0 spiro atoms. The Morgan fingerprint density at radius 2 is 1.69 bits per heavy atom. The van der Waals surface area contributed by atoms with Gasteiger partial charge in [0.25, 0.3) is 0 Å². The van der Waals surface area contributed by atoms with Crippen molar-refractivity contribution in [3.8, 4) is 0 Å². The second-order valence-corrected chi connectivity index (χ2v) is 10.4. The minimum Gasteiger partial charge on any atom is -0.352 e. The van der Waals surface area contributed by atoms with Crippen LogP contribution in [0.1, 0.15) is 47.6 Å². The molecule has 188 valence electrons. The van der Waals surface area contributed by atoms with Crippen LogP contribution >= 0.6 is 27.5 Å². The summed E-state index contributed by atoms with van der Waals surface area (Å²) in [7, 11) is 0. The largest absolute Gasteiger partial charge is 0.416 e. The standard InChI is InChI=1S/C24H20BrClF6N2O/c1-22(15-7-16(23(27,28)29)9-17(8-15)24(30,31)32)11-34-19(20(22)26)13-4-5-14(18(25)6-13)10-33-21(35)12-2-3-12/h4-9,12,20H,2-3,10-11H2,1H3,(H,33,35). The van der Waals surface area contributed by atoms with Crippen molar-refractivity contribution < 1.29 is 31.1 Å². The molecule has 1 aliphatic carbocycles. The van der Waals surface area contributed by atoms with Gasteiger partial charge in [0.05, 0.1) is 28.8 Å². The molecular weight excluding hydrogens is 562 g/mol. The Labute approximate surface area is 211 Å². The summed E-state index contributed by atoms with van der Waals surface area (Å²) < 4.78 is 80.9. The molecule has 11 heteroatoms. The lowest BCUT2D eigenvalue weighted by Gasteiger charge is -2.30. The Bertz CT molecular complexity index is 1160. The van der Waals surface area contributed by atoms with E-state index in [4.69, 9.17) is 11.6 Å². The molecule has 1 heterocycles. The molecule has 0 saturated heterocycles. The zero-order chi connectivity index (χ0) is 25.8. The molecule has 4 rings (SSSR count). The van der Waals surface area contributed by atoms with Crippen LogP contribution in [0.2, 0.25) is 0 Å². The van der Waals surface area contributed by atoms with Crippen LogP contribution in [-0.2, 0) is 29.1 Å². The number of carbonyl (C=O) groups excluding carboxylic acids is 1. The molecule has 2 aromatic carbocycles. The van der Waals surface area contributed by atoms with Crippen molar-refractivity contribution >= 4 is 39.1 Å². The summed E-state index contributed by atoms with van der Waals surface area (Å²) >= 11 is 10.1. The fourth-order valence-corrected chi connectivity index (χ4v) is 4.90. The highest BCUT2D eigenvalue weighted by Gasteiger charge is 2.46. The number of benzene rings is 2. The van der Waals surface area contributed by atoms with Crippen molar-refractivity contribution in [1.82, 2.24) is 5.32 Å². The number of amides is 1. The van der Waals surface area contributed by atoms with Crippen LogP contribution < -0.4 is 5.32 Å². The molecule has 0 radical (unpaired) electrons. The maximum atomic E-state index is 13.4. The first-order valence-corrected chi connectivity index (χ1v) is 12.0. The van der Waals surface area contributed by atoms with Crippen molar-refractivity contribution in [2.45, 2.75) is 49.5 Å². The van der Waals surface area contributed by atoms with Crippen molar-refractivity contribution in [3.63, 3.8) is 0 Å². The summed E-state index contributed by atoms with van der Waals surface area (Å²) in [6.07, 6.45) is -8.13. The van der Waals surface area contributed by atoms with Crippen molar-refractivity contribution in [2.24, 2.45) is 10.9 Å². The van der Waals surface area contributed by atoms with Crippen LogP contribution in [0, 0.1) is 5.92 Å². The van der Waals surface area contributed by atoms with Gasteiger partial charge in [-0.05, 0) is 53.8 Å². The highest BCUT2D eigenvalue weighted by Crippen LogP contribution is 2.44. The van der Waals surface area contributed by atoms with Crippen LogP contribution in [0.15, 0.2) is 45.9 Å². The van der Waals surface area contributed by atoms with Crippen LogP contribution in [0.3, 0.4) is 0 Å². The SMILES string of the molecule is CC1(c2cc(C(F)(F)F)cc(C(F)(F)F)c2)CN=C(c2ccc(CNC(=O)C3CC3)c(Br)c2)C1Cl. The molecule has 2 atom stereocenters. The molecule has 1 saturated carbocycles. The number of nitrogens with one attached hydrogen (secondary N) is 1. The highest BCUT2D eigenvalue weighted by molar-refractivity contribution is 9.10. The first kappa shape index (κ1) is 26.0. The summed E-state index contributed by atoms with van der Waals surface area (Å²) in [5, 5.41) is 1.89. The zero-order valence-electron chi connectivity index (χ0n) is 18.3. The minimum atomic E-state index is -4.95. The summed E-state index contributed by atoms with van der Waals surface area (Å²) in [5.74, 6) is 0.0707. The van der Waals surface area contributed by atoms with Gasteiger partial charge >= 0.3 is 12.4 Å². The lowest BCUT2D eigenvalue weighted by molar-refractivity contribution is -0.143. The van der Waals surface area contributed by atoms with Crippen LogP contribution in [0.4, 0.5) is 26.3 Å². The highest BCUT2D eigenvalue weighted by atomic mass is 79.9. The van der Waals surface area contributed by atoms with Crippen LogP contribution in [0.25, 0.3) is 0 Å².